The lowest BCUT2D eigenvalue weighted by Crippen LogP contribution is -2.39. The van der Waals surface area contributed by atoms with Crippen LogP contribution in [0.25, 0.3) is 5.57 Å². The summed E-state index contributed by atoms with van der Waals surface area (Å²) in [5, 5.41) is 12.1. The number of carbonyl (C=O) groups is 1. The molecule has 1 N–H and O–H groups in total. The number of hydrogen-bond donors (Lipinski definition) is 1. The van der Waals surface area contributed by atoms with E-state index in [1.165, 1.54) is 355 Å². The third-order valence-electron chi connectivity index (χ3n) is 24.9. The lowest BCUT2D eigenvalue weighted by Gasteiger charge is -2.41. The van der Waals surface area contributed by atoms with Gasteiger partial charge in [-0.1, -0.05) is 299 Å². The Kier molecular flexibility index (Phi) is 27.3. The molecule has 0 radical (unpaired) electrons. The van der Waals surface area contributed by atoms with Crippen LogP contribution in [0.4, 0.5) is 17.1 Å². The minimum atomic E-state index is -0.538. The van der Waals surface area contributed by atoms with Crippen LogP contribution in [0.2, 0.25) is 0 Å². The molecule has 4 heteroatoms. The van der Waals surface area contributed by atoms with E-state index in [0.717, 1.165) is 17.4 Å². The van der Waals surface area contributed by atoms with Gasteiger partial charge in [-0.2, -0.15) is 4.58 Å². The van der Waals surface area contributed by atoms with Crippen molar-refractivity contribution in [1.82, 2.24) is 0 Å². The number of nitrogens with zero attached hydrogens (tertiary/aromatic N) is 2. The molecule has 0 heterocycles. The Labute approximate surface area is 550 Å². The average molecular weight is 1220 g/mol. The molecule has 8 aliphatic rings. The lowest BCUT2D eigenvalue weighted by molar-refractivity contribution is -0.497. The molecular formula is C86H127N2O2+. The van der Waals surface area contributed by atoms with Gasteiger partial charge in [0.05, 0.1) is 11.5 Å². The van der Waals surface area contributed by atoms with Crippen LogP contribution >= 0.6 is 0 Å². The summed E-state index contributed by atoms with van der Waals surface area (Å²) in [5.41, 5.74) is 9.53. The van der Waals surface area contributed by atoms with Crippen molar-refractivity contribution in [2.24, 2.45) is 35.5 Å². The van der Waals surface area contributed by atoms with Gasteiger partial charge in [-0.3, -0.25) is 4.79 Å². The maximum absolute atomic E-state index is 14.6. The van der Waals surface area contributed by atoms with Gasteiger partial charge in [-0.25, -0.2) is 0 Å². The van der Waals surface area contributed by atoms with Crippen molar-refractivity contribution in [2.75, 3.05) is 4.90 Å². The summed E-state index contributed by atoms with van der Waals surface area (Å²) in [6, 6.07) is 29.5. The molecular weight excluding hydrogens is 1090 g/mol. The molecule has 3 aromatic carbocycles. The maximum Gasteiger partial charge on any atom is 0.205 e. The zero-order chi connectivity index (χ0) is 61.4. The Bertz CT molecular complexity index is 2660. The second-order valence-corrected chi connectivity index (χ2v) is 31.2. The molecule has 492 valence electrons. The molecule has 0 amide bonds. The largest absolute Gasteiger partial charge is 0.511 e. The van der Waals surface area contributed by atoms with Crippen LogP contribution in [0.3, 0.4) is 0 Å². The number of anilines is 2. The number of Topliss-reactive ketones (excluding diaryl/α,β-unsaturated/α-hetero) is 1. The van der Waals surface area contributed by atoms with Crippen molar-refractivity contribution in [3.8, 4) is 0 Å². The van der Waals surface area contributed by atoms with Gasteiger partial charge in [0.1, 0.15) is 5.76 Å². The third-order valence-corrected chi connectivity index (χ3v) is 24.9. The van der Waals surface area contributed by atoms with E-state index >= 15 is 0 Å². The highest BCUT2D eigenvalue weighted by Crippen LogP contribution is 2.46. The van der Waals surface area contributed by atoms with E-state index in [1.54, 1.807) is 0 Å². The molecule has 4 nitrogen and oxygen atoms in total. The van der Waals surface area contributed by atoms with E-state index in [2.05, 4.69) is 107 Å². The lowest BCUT2D eigenvalue weighted by atomic mass is 9.71. The number of ketones is 1. The molecule has 3 unspecified atom stereocenters. The normalized spacial score (nSPS) is 22.9. The van der Waals surface area contributed by atoms with Crippen LogP contribution in [0.15, 0.2) is 103 Å². The summed E-state index contributed by atoms with van der Waals surface area (Å²) in [7, 11) is 0. The summed E-state index contributed by atoms with van der Waals surface area (Å²) >= 11 is 0. The molecule has 0 saturated heterocycles. The molecule has 3 atom stereocenters. The quantitative estimate of drug-likeness (QED) is 0.0488. The van der Waals surface area contributed by atoms with Crippen LogP contribution in [-0.4, -0.2) is 33.3 Å². The zero-order valence-electron chi connectivity index (χ0n) is 57.1. The van der Waals surface area contributed by atoms with Crippen LogP contribution < -0.4 is 4.90 Å². The number of carbonyl (C=O) groups excluding carboxylic acids is 1. The number of unbranched alkanes of at least 4 members (excludes halogenated alkanes) is 14. The maximum atomic E-state index is 14.6. The topological polar surface area (TPSA) is 43.6 Å². The van der Waals surface area contributed by atoms with Gasteiger partial charge in [0.15, 0.2) is 11.8 Å². The highest BCUT2D eigenvalue weighted by molar-refractivity contribution is 6.30. The Morgan fingerprint density at radius 2 is 0.800 bits per heavy atom. The zero-order valence-corrected chi connectivity index (χ0v) is 57.1. The first-order valence-corrected chi connectivity index (χ1v) is 39.7. The van der Waals surface area contributed by atoms with E-state index in [4.69, 9.17) is 0 Å². The molecule has 90 heavy (non-hydrogen) atoms. The number of aliphatic hydroxyl groups excluding tert-OH is 1. The Balaban J connectivity index is 0.770. The number of benzene rings is 3. The fourth-order valence-corrected chi connectivity index (χ4v) is 19.4. The van der Waals surface area contributed by atoms with Crippen molar-refractivity contribution >= 4 is 34.1 Å². The first-order chi connectivity index (χ1) is 44.6. The first kappa shape index (κ1) is 67.2. The van der Waals surface area contributed by atoms with Gasteiger partial charge in [0, 0.05) is 60.0 Å². The van der Waals surface area contributed by atoms with Crippen molar-refractivity contribution in [3.05, 3.63) is 120 Å². The third kappa shape index (κ3) is 19.0. The summed E-state index contributed by atoms with van der Waals surface area (Å²) in [6.45, 7) is 0. The molecule has 6 saturated carbocycles. The van der Waals surface area contributed by atoms with Crippen molar-refractivity contribution < 1.29 is 14.5 Å². The Hall–Kier alpha value is -4.18. The summed E-state index contributed by atoms with van der Waals surface area (Å²) in [4.78, 5) is 17.4. The highest BCUT2D eigenvalue weighted by Gasteiger charge is 2.45. The van der Waals surface area contributed by atoms with E-state index in [-0.39, 0.29) is 17.5 Å². The van der Waals surface area contributed by atoms with E-state index < -0.39 is 5.92 Å². The predicted octanol–water partition coefficient (Wildman–Crippen LogP) is 25.8. The van der Waals surface area contributed by atoms with Gasteiger partial charge < -0.3 is 10.0 Å². The molecule has 8 aliphatic carbocycles. The van der Waals surface area contributed by atoms with Crippen LogP contribution in [-0.2, 0) is 4.79 Å². The minimum absolute atomic E-state index is 0.0763. The van der Waals surface area contributed by atoms with Gasteiger partial charge in [-0.15, -0.1) is 0 Å². The van der Waals surface area contributed by atoms with Crippen LogP contribution in [0.5, 0.6) is 0 Å². The molecule has 0 spiro atoms. The van der Waals surface area contributed by atoms with E-state index in [9.17, 15) is 9.90 Å². The van der Waals surface area contributed by atoms with Gasteiger partial charge in [-0.05, 0) is 135 Å². The van der Waals surface area contributed by atoms with Gasteiger partial charge in [0.2, 0.25) is 11.4 Å². The van der Waals surface area contributed by atoms with Crippen molar-refractivity contribution in [2.45, 2.75) is 345 Å². The number of rotatable bonds is 33. The molecule has 0 aromatic heterocycles. The Morgan fingerprint density at radius 1 is 0.411 bits per heavy atom. The first-order valence-electron chi connectivity index (χ1n) is 39.7. The number of hydrogen-bond acceptors (Lipinski definition) is 3. The van der Waals surface area contributed by atoms with Crippen molar-refractivity contribution in [1.29, 1.82) is 0 Å². The SMILES string of the molecule is O=C1C(c2ccc(N(c3ccc(C4CCCCC4)cc3)C(CCCCCCCCCCC3CCCCC3)C3CCCCC3)cc2)=C(O)C1C1C=CC(=[N+](c2ccc(C3CCCCC3)cc2)C(CCCCCCCCCCC2CCCCC2)C2CCCCC2)C=C1. The Morgan fingerprint density at radius 3 is 1.27 bits per heavy atom. The smallest absolute Gasteiger partial charge is 0.205 e. The van der Waals surface area contributed by atoms with E-state index in [0.29, 0.717) is 41.3 Å². The summed E-state index contributed by atoms with van der Waals surface area (Å²) in [5.74, 6) is 4.41. The standard InChI is InChI=1S/C86H126N2O2/c89-85-83(75-55-63-79(64-56-75)87(77-59-51-71(52-60-77)69-41-25-15-26-42-69)81(73-45-29-17-30-46-73)49-33-11-7-3-1-5-9-19-35-67-37-21-13-22-38-67)86(90)84(85)76-57-65-80(66-58-76)88(78-61-53-72(54-62-78)70-43-27-16-28-44-70)82(74-47-31-18-32-48-74)50-34-12-8-4-2-6-10-20-36-68-39-23-14-24-40-68/h51-70,73-75,81-83H,1-50H2/p+1. The van der Waals surface area contributed by atoms with E-state index in [1.807, 2.05) is 0 Å². The van der Waals surface area contributed by atoms with Crippen LogP contribution in [0, 0.1) is 35.5 Å². The molecule has 0 aliphatic heterocycles. The highest BCUT2D eigenvalue weighted by atomic mass is 16.3. The summed E-state index contributed by atoms with van der Waals surface area (Å²) in [6.07, 6.45) is 78.4. The molecule has 0 bridgehead atoms. The number of aliphatic hydroxyl groups is 1. The van der Waals surface area contributed by atoms with Gasteiger partial charge >= 0.3 is 0 Å². The monoisotopic (exact) mass is 1220 g/mol. The average Bonchev–Trinajstić information content (AvgIpc) is 0.788. The molecule has 11 rings (SSSR count). The summed E-state index contributed by atoms with van der Waals surface area (Å²) < 4.78 is 2.75. The second kappa shape index (κ2) is 36.5. The van der Waals surface area contributed by atoms with Gasteiger partial charge in [0.25, 0.3) is 0 Å². The fourth-order valence-electron chi connectivity index (χ4n) is 19.4. The predicted molar refractivity (Wildman–Crippen MR) is 384 cm³/mol. The second-order valence-electron chi connectivity index (χ2n) is 31.2. The van der Waals surface area contributed by atoms with Crippen molar-refractivity contribution in [3.63, 3.8) is 0 Å². The molecule has 3 aromatic rings. The van der Waals surface area contributed by atoms with Crippen LogP contribution in [0.1, 0.15) is 350 Å². The minimum Gasteiger partial charge on any atom is -0.511 e. The molecule has 6 fully saturated rings. The fraction of sp³-hybridized carbons (Fsp3) is 0.698. The number of allylic oxidation sites excluding steroid dienone is 6.